The molecule has 1 rings (SSSR count). The molecule has 0 bridgehead atoms. The molecule has 0 unspecified atom stereocenters. The van der Waals surface area contributed by atoms with Crippen molar-refractivity contribution < 1.29 is 19.0 Å². The van der Waals surface area contributed by atoms with E-state index >= 15 is 0 Å². The fourth-order valence-electron chi connectivity index (χ4n) is 1.36. The molecule has 0 spiro atoms. The van der Waals surface area contributed by atoms with Gasteiger partial charge in [-0.15, -0.1) is 0 Å². The minimum absolute atomic E-state index is 0.00108. The number of rotatable bonds is 4. The molecule has 0 fully saturated rings. The Balaban J connectivity index is 2.76. The Hall–Kier alpha value is -1.58. The lowest BCUT2D eigenvalue weighted by atomic mass is 10.1. The van der Waals surface area contributed by atoms with Gasteiger partial charge in [0.2, 0.25) is 0 Å². The van der Waals surface area contributed by atoms with Crippen molar-refractivity contribution in [1.82, 2.24) is 0 Å². The van der Waals surface area contributed by atoms with Crippen LogP contribution in [0.3, 0.4) is 0 Å². The van der Waals surface area contributed by atoms with Gasteiger partial charge in [0.1, 0.15) is 5.60 Å². The molecule has 0 aliphatic carbocycles. The van der Waals surface area contributed by atoms with Crippen molar-refractivity contribution >= 4 is 5.97 Å². The van der Waals surface area contributed by atoms with Crippen LogP contribution in [0.2, 0.25) is 0 Å². The molecule has 17 heavy (non-hydrogen) atoms. The van der Waals surface area contributed by atoms with Crippen LogP contribution in [0, 0.1) is 5.82 Å². The fraction of sp³-hybridized carbons (Fsp3) is 0.462. The second-order valence-corrected chi connectivity index (χ2v) is 4.87. The van der Waals surface area contributed by atoms with E-state index in [1.165, 1.54) is 12.1 Å². The minimum Gasteiger partial charge on any atom is -0.485 e. The Labute approximate surface area is 100 Å². The van der Waals surface area contributed by atoms with E-state index < -0.39 is 17.4 Å². The van der Waals surface area contributed by atoms with Crippen LogP contribution in [0.1, 0.15) is 32.8 Å². The maximum Gasteiger partial charge on any atom is 0.303 e. The molecule has 3 nitrogen and oxygen atoms in total. The summed E-state index contributed by atoms with van der Waals surface area (Å²) in [5, 5.41) is 8.53. The van der Waals surface area contributed by atoms with E-state index in [9.17, 15) is 9.18 Å². The third kappa shape index (κ3) is 4.85. The number of benzene rings is 1. The van der Waals surface area contributed by atoms with Crippen LogP contribution in [0.15, 0.2) is 18.2 Å². The second-order valence-electron chi connectivity index (χ2n) is 4.87. The Bertz CT molecular complexity index is 408. The van der Waals surface area contributed by atoms with E-state index in [-0.39, 0.29) is 12.2 Å². The van der Waals surface area contributed by atoms with E-state index in [0.717, 1.165) is 0 Å². The van der Waals surface area contributed by atoms with Crippen molar-refractivity contribution in [3.63, 3.8) is 0 Å². The van der Waals surface area contributed by atoms with Crippen molar-refractivity contribution in [2.45, 2.75) is 39.2 Å². The molecule has 0 heterocycles. The zero-order valence-electron chi connectivity index (χ0n) is 10.3. The molecule has 1 N–H and O–H groups in total. The molecule has 0 aromatic heterocycles. The third-order valence-electron chi connectivity index (χ3n) is 2.04. The molecule has 1 aromatic rings. The Morgan fingerprint density at radius 3 is 2.53 bits per heavy atom. The summed E-state index contributed by atoms with van der Waals surface area (Å²) in [7, 11) is 0. The van der Waals surface area contributed by atoms with Crippen LogP contribution in [0.25, 0.3) is 0 Å². The number of ether oxygens (including phenoxy) is 1. The normalized spacial score (nSPS) is 11.3. The lowest BCUT2D eigenvalue weighted by molar-refractivity contribution is -0.136. The number of aryl methyl sites for hydroxylation is 1. The lowest BCUT2D eigenvalue weighted by Crippen LogP contribution is -2.23. The van der Waals surface area contributed by atoms with Crippen LogP contribution in [-0.2, 0) is 11.2 Å². The summed E-state index contributed by atoms with van der Waals surface area (Å²) in [6, 6.07) is 4.55. The van der Waals surface area contributed by atoms with E-state index in [1.54, 1.807) is 6.07 Å². The van der Waals surface area contributed by atoms with Gasteiger partial charge in [0, 0.05) is 6.42 Å². The van der Waals surface area contributed by atoms with Gasteiger partial charge in [-0.1, -0.05) is 6.07 Å². The first-order chi connectivity index (χ1) is 7.78. The Kier molecular flexibility index (Phi) is 4.10. The molecule has 0 saturated heterocycles. The van der Waals surface area contributed by atoms with Gasteiger partial charge in [-0.25, -0.2) is 4.39 Å². The van der Waals surface area contributed by atoms with Gasteiger partial charge in [0.25, 0.3) is 0 Å². The quantitative estimate of drug-likeness (QED) is 0.879. The first-order valence-corrected chi connectivity index (χ1v) is 5.47. The van der Waals surface area contributed by atoms with Crippen molar-refractivity contribution in [3.05, 3.63) is 29.6 Å². The number of carboxylic acids is 1. The molecular weight excluding hydrogens is 223 g/mol. The summed E-state index contributed by atoms with van der Waals surface area (Å²) in [5.41, 5.74) is 0.204. The predicted octanol–water partition coefficient (Wildman–Crippen LogP) is 3.02. The molecule has 0 aliphatic heterocycles. The van der Waals surface area contributed by atoms with E-state index in [1.807, 2.05) is 20.8 Å². The maximum absolute atomic E-state index is 13.6. The van der Waals surface area contributed by atoms with E-state index in [4.69, 9.17) is 9.84 Å². The number of carboxylic acid groups (broad SMARTS) is 1. The zero-order chi connectivity index (χ0) is 13.1. The van der Waals surface area contributed by atoms with Crippen LogP contribution < -0.4 is 4.74 Å². The van der Waals surface area contributed by atoms with Crippen molar-refractivity contribution in [2.24, 2.45) is 0 Å². The molecule has 0 saturated carbocycles. The standard InChI is InChI=1S/C13H17FO3/c1-13(2,3)17-11-6-4-9(8-10(11)14)5-7-12(15)16/h4,6,8H,5,7H2,1-3H3,(H,15,16). The number of hydrogen-bond acceptors (Lipinski definition) is 2. The number of halogens is 1. The van der Waals surface area contributed by atoms with Gasteiger partial charge in [0.05, 0.1) is 0 Å². The first kappa shape index (κ1) is 13.5. The highest BCUT2D eigenvalue weighted by molar-refractivity contribution is 5.67. The summed E-state index contributed by atoms with van der Waals surface area (Å²) >= 11 is 0. The third-order valence-corrected chi connectivity index (χ3v) is 2.04. The lowest BCUT2D eigenvalue weighted by Gasteiger charge is -2.21. The smallest absolute Gasteiger partial charge is 0.303 e. The molecule has 0 aliphatic rings. The van der Waals surface area contributed by atoms with E-state index in [0.29, 0.717) is 12.0 Å². The van der Waals surface area contributed by atoms with Gasteiger partial charge in [-0.2, -0.15) is 0 Å². The van der Waals surface area contributed by atoms with Gasteiger partial charge in [-0.05, 0) is 44.9 Å². The Morgan fingerprint density at radius 2 is 2.06 bits per heavy atom. The summed E-state index contributed by atoms with van der Waals surface area (Å²) in [6.45, 7) is 5.51. The molecule has 0 amide bonds. The predicted molar refractivity (Wildman–Crippen MR) is 62.7 cm³/mol. The molecule has 1 aromatic carbocycles. The minimum atomic E-state index is -0.888. The highest BCUT2D eigenvalue weighted by Gasteiger charge is 2.15. The number of aliphatic carboxylic acids is 1. The Morgan fingerprint density at radius 1 is 1.41 bits per heavy atom. The average Bonchev–Trinajstić information content (AvgIpc) is 2.17. The second kappa shape index (κ2) is 5.17. The summed E-state index contributed by atoms with van der Waals surface area (Å²) in [5.74, 6) is -1.15. The van der Waals surface area contributed by atoms with Crippen LogP contribution >= 0.6 is 0 Å². The summed E-state index contributed by atoms with van der Waals surface area (Å²) in [6.07, 6.45) is 0.320. The zero-order valence-corrected chi connectivity index (χ0v) is 10.3. The molecule has 0 atom stereocenters. The summed E-state index contributed by atoms with van der Waals surface area (Å²) in [4.78, 5) is 10.4. The first-order valence-electron chi connectivity index (χ1n) is 5.47. The van der Waals surface area contributed by atoms with Crippen LogP contribution in [0.4, 0.5) is 4.39 Å². The molecule has 4 heteroatoms. The van der Waals surface area contributed by atoms with Gasteiger partial charge in [0.15, 0.2) is 11.6 Å². The van der Waals surface area contributed by atoms with Gasteiger partial charge < -0.3 is 9.84 Å². The monoisotopic (exact) mass is 240 g/mol. The number of carbonyl (C=O) groups is 1. The fourth-order valence-corrected chi connectivity index (χ4v) is 1.36. The van der Waals surface area contributed by atoms with Crippen LogP contribution in [-0.4, -0.2) is 16.7 Å². The topological polar surface area (TPSA) is 46.5 Å². The number of hydrogen-bond donors (Lipinski definition) is 1. The maximum atomic E-state index is 13.6. The van der Waals surface area contributed by atoms with Crippen molar-refractivity contribution in [1.29, 1.82) is 0 Å². The largest absolute Gasteiger partial charge is 0.485 e. The van der Waals surface area contributed by atoms with E-state index in [2.05, 4.69) is 0 Å². The van der Waals surface area contributed by atoms with Gasteiger partial charge in [-0.3, -0.25) is 4.79 Å². The molecule has 0 radical (unpaired) electrons. The van der Waals surface area contributed by atoms with Crippen molar-refractivity contribution in [2.75, 3.05) is 0 Å². The molecule has 94 valence electrons. The SMILES string of the molecule is CC(C)(C)Oc1ccc(CCC(=O)O)cc1F. The highest BCUT2D eigenvalue weighted by Crippen LogP contribution is 2.23. The van der Waals surface area contributed by atoms with Crippen molar-refractivity contribution in [3.8, 4) is 5.75 Å². The average molecular weight is 240 g/mol. The molecular formula is C13H17FO3. The van der Waals surface area contributed by atoms with Crippen LogP contribution in [0.5, 0.6) is 5.75 Å². The highest BCUT2D eigenvalue weighted by atomic mass is 19.1. The summed E-state index contributed by atoms with van der Waals surface area (Å²) < 4.78 is 19.1. The van der Waals surface area contributed by atoms with Gasteiger partial charge >= 0.3 is 5.97 Å².